The molecule has 0 spiro atoms. The summed E-state index contributed by atoms with van der Waals surface area (Å²) >= 11 is 0. The quantitative estimate of drug-likeness (QED) is 0.891. The monoisotopic (exact) mass is 288 g/mol. The second-order valence-electron chi connectivity index (χ2n) is 6.31. The molecule has 2 fully saturated rings. The molecule has 4 atom stereocenters. The van der Waals surface area contributed by atoms with Gasteiger partial charge in [-0.2, -0.15) is 0 Å². The maximum atomic E-state index is 12.3. The maximum Gasteiger partial charge on any atom is 0.338 e. The van der Waals surface area contributed by atoms with E-state index < -0.39 is 5.97 Å². The van der Waals surface area contributed by atoms with Crippen molar-refractivity contribution in [2.24, 2.45) is 17.8 Å². The van der Waals surface area contributed by atoms with Crippen molar-refractivity contribution in [3.8, 4) is 0 Å². The summed E-state index contributed by atoms with van der Waals surface area (Å²) < 4.78 is 0. The normalized spacial score (nSPS) is 28.3. The Morgan fingerprint density at radius 1 is 1.38 bits per heavy atom. The highest BCUT2D eigenvalue weighted by molar-refractivity contribution is 6.03. The summed E-state index contributed by atoms with van der Waals surface area (Å²) in [5.74, 6) is 0.547. The number of carboxylic acid groups (broad SMARTS) is 1. The minimum atomic E-state index is -1.12. The summed E-state index contributed by atoms with van der Waals surface area (Å²) in [6.07, 6.45) is 6.50. The molecule has 21 heavy (non-hydrogen) atoms. The Balaban J connectivity index is 1.70. The Morgan fingerprint density at radius 2 is 2.19 bits per heavy atom. The highest BCUT2D eigenvalue weighted by Gasteiger charge is 2.42. The molecule has 5 heteroatoms. The standard InChI is InChI=1S/C16H20N2O3/c1-9(13-8-10-4-5-11(13)7-10)18-15(19)14-12(16(20)21)3-2-6-17-14/h2-3,6,9-11,13H,4-5,7-8H2,1H3,(H,18,19)(H,20,21). The number of pyridine rings is 1. The molecule has 1 heterocycles. The molecule has 1 amide bonds. The first-order valence-electron chi connectivity index (χ1n) is 7.55. The number of hydrogen-bond acceptors (Lipinski definition) is 3. The SMILES string of the molecule is CC(NC(=O)c1ncccc1C(=O)O)C1CC2CCC1C2. The van der Waals surface area contributed by atoms with Crippen molar-refractivity contribution in [2.75, 3.05) is 0 Å². The number of carbonyl (C=O) groups excluding carboxylic acids is 1. The van der Waals surface area contributed by atoms with Crippen molar-refractivity contribution in [1.82, 2.24) is 10.3 Å². The van der Waals surface area contributed by atoms with Crippen molar-refractivity contribution in [1.29, 1.82) is 0 Å². The molecule has 3 rings (SSSR count). The number of carboxylic acids is 1. The lowest BCUT2D eigenvalue weighted by molar-refractivity contribution is 0.0688. The van der Waals surface area contributed by atoms with Crippen molar-refractivity contribution in [3.05, 3.63) is 29.6 Å². The highest BCUT2D eigenvalue weighted by atomic mass is 16.4. The van der Waals surface area contributed by atoms with Gasteiger partial charge in [-0.05, 0) is 56.1 Å². The predicted octanol–water partition coefficient (Wildman–Crippen LogP) is 2.33. The minimum absolute atomic E-state index is 0.00000591. The molecule has 112 valence electrons. The lowest BCUT2D eigenvalue weighted by atomic mass is 9.84. The molecule has 2 aliphatic rings. The van der Waals surface area contributed by atoms with Crippen LogP contribution in [0.2, 0.25) is 0 Å². The van der Waals surface area contributed by atoms with Crippen molar-refractivity contribution in [2.45, 2.75) is 38.6 Å². The molecule has 4 unspecified atom stereocenters. The molecule has 1 aromatic rings. The van der Waals surface area contributed by atoms with Gasteiger partial charge in [0.25, 0.3) is 5.91 Å². The second-order valence-corrected chi connectivity index (χ2v) is 6.31. The molecule has 5 nitrogen and oxygen atoms in total. The Labute approximate surface area is 123 Å². The van der Waals surface area contributed by atoms with Crippen LogP contribution in [0.5, 0.6) is 0 Å². The van der Waals surface area contributed by atoms with E-state index in [-0.39, 0.29) is 23.2 Å². The summed E-state index contributed by atoms with van der Waals surface area (Å²) in [5, 5.41) is 12.1. The zero-order chi connectivity index (χ0) is 15.0. The molecule has 0 aromatic carbocycles. The topological polar surface area (TPSA) is 79.3 Å². The van der Waals surface area contributed by atoms with Gasteiger partial charge in [0.15, 0.2) is 0 Å². The van der Waals surface area contributed by atoms with E-state index in [1.165, 1.54) is 44.0 Å². The first-order chi connectivity index (χ1) is 10.1. The first kappa shape index (κ1) is 14.0. The number of rotatable bonds is 4. The van der Waals surface area contributed by atoms with E-state index in [9.17, 15) is 9.59 Å². The van der Waals surface area contributed by atoms with Crippen LogP contribution in [0.1, 0.15) is 53.5 Å². The van der Waals surface area contributed by atoms with Crippen LogP contribution in [0.25, 0.3) is 0 Å². The molecule has 2 saturated carbocycles. The second kappa shape index (κ2) is 5.47. The van der Waals surface area contributed by atoms with Gasteiger partial charge in [-0.25, -0.2) is 4.79 Å². The van der Waals surface area contributed by atoms with Crippen LogP contribution in [0.15, 0.2) is 18.3 Å². The Bertz CT molecular complexity index is 572. The van der Waals surface area contributed by atoms with Crippen LogP contribution in [-0.2, 0) is 0 Å². The van der Waals surface area contributed by atoms with Crippen molar-refractivity contribution in [3.63, 3.8) is 0 Å². The summed E-state index contributed by atoms with van der Waals surface area (Å²) in [4.78, 5) is 27.4. The van der Waals surface area contributed by atoms with Crippen molar-refractivity contribution >= 4 is 11.9 Å². The molecule has 2 aliphatic carbocycles. The van der Waals surface area contributed by atoms with E-state index in [0.717, 1.165) is 5.92 Å². The van der Waals surface area contributed by atoms with E-state index >= 15 is 0 Å². The number of hydrogen-bond donors (Lipinski definition) is 2. The molecule has 0 aliphatic heterocycles. The number of nitrogens with zero attached hydrogens (tertiary/aromatic N) is 1. The van der Waals surface area contributed by atoms with E-state index in [1.54, 1.807) is 0 Å². The molecule has 0 saturated heterocycles. The van der Waals surface area contributed by atoms with Crippen molar-refractivity contribution < 1.29 is 14.7 Å². The number of carbonyl (C=O) groups is 2. The van der Waals surface area contributed by atoms with Gasteiger partial charge >= 0.3 is 5.97 Å². The lowest BCUT2D eigenvalue weighted by Gasteiger charge is -2.28. The lowest BCUT2D eigenvalue weighted by Crippen LogP contribution is -2.40. The third-order valence-corrected chi connectivity index (χ3v) is 5.05. The van der Waals surface area contributed by atoms with Crippen LogP contribution in [0, 0.1) is 17.8 Å². The Morgan fingerprint density at radius 3 is 2.81 bits per heavy atom. The third-order valence-electron chi connectivity index (χ3n) is 5.05. The number of aromatic nitrogens is 1. The fraction of sp³-hybridized carbons (Fsp3) is 0.562. The summed E-state index contributed by atoms with van der Waals surface area (Å²) in [6, 6.07) is 3.00. The van der Waals surface area contributed by atoms with Crippen LogP contribution in [-0.4, -0.2) is 28.0 Å². The molecular weight excluding hydrogens is 268 g/mol. The average molecular weight is 288 g/mol. The summed E-state index contributed by atoms with van der Waals surface area (Å²) in [7, 11) is 0. The van der Waals surface area contributed by atoms with Crippen LogP contribution in [0.3, 0.4) is 0 Å². The van der Waals surface area contributed by atoms with E-state index in [1.807, 2.05) is 6.92 Å². The maximum absolute atomic E-state index is 12.3. The van der Waals surface area contributed by atoms with Gasteiger partial charge in [-0.3, -0.25) is 9.78 Å². The fourth-order valence-corrected chi connectivity index (χ4v) is 4.05. The number of aromatic carboxylic acids is 1. The zero-order valence-corrected chi connectivity index (χ0v) is 12.1. The molecule has 2 bridgehead atoms. The van der Waals surface area contributed by atoms with Gasteiger partial charge in [0.2, 0.25) is 0 Å². The summed E-state index contributed by atoms with van der Waals surface area (Å²) in [6.45, 7) is 2.02. The average Bonchev–Trinajstić information content (AvgIpc) is 3.09. The van der Waals surface area contributed by atoms with Crippen LogP contribution in [0.4, 0.5) is 0 Å². The molecular formula is C16H20N2O3. The number of nitrogens with one attached hydrogen (secondary N) is 1. The molecule has 0 radical (unpaired) electrons. The van der Waals surface area contributed by atoms with Gasteiger partial charge in [0.05, 0.1) is 5.56 Å². The number of fused-ring (bicyclic) bond motifs is 2. The highest BCUT2D eigenvalue weighted by Crippen LogP contribution is 2.49. The Hall–Kier alpha value is -1.91. The minimum Gasteiger partial charge on any atom is -0.478 e. The zero-order valence-electron chi connectivity index (χ0n) is 12.1. The predicted molar refractivity (Wildman–Crippen MR) is 77.1 cm³/mol. The van der Waals surface area contributed by atoms with Gasteiger partial charge in [-0.15, -0.1) is 0 Å². The van der Waals surface area contributed by atoms with Gasteiger partial charge in [0.1, 0.15) is 5.69 Å². The number of amides is 1. The first-order valence-corrected chi connectivity index (χ1v) is 7.55. The van der Waals surface area contributed by atoms with Crippen LogP contribution < -0.4 is 5.32 Å². The molecule has 1 aromatic heterocycles. The van der Waals surface area contributed by atoms with E-state index in [0.29, 0.717) is 11.8 Å². The fourth-order valence-electron chi connectivity index (χ4n) is 4.05. The van der Waals surface area contributed by atoms with Crippen LogP contribution >= 0.6 is 0 Å². The summed E-state index contributed by atoms with van der Waals surface area (Å²) in [5.41, 5.74) is -0.0462. The van der Waals surface area contributed by atoms with Gasteiger partial charge < -0.3 is 10.4 Å². The van der Waals surface area contributed by atoms with E-state index in [4.69, 9.17) is 5.11 Å². The largest absolute Gasteiger partial charge is 0.478 e. The van der Waals surface area contributed by atoms with Gasteiger partial charge in [-0.1, -0.05) is 6.42 Å². The third kappa shape index (κ3) is 2.64. The van der Waals surface area contributed by atoms with Gasteiger partial charge in [0, 0.05) is 12.2 Å². The molecule has 2 N–H and O–H groups in total. The smallest absolute Gasteiger partial charge is 0.338 e. The Kier molecular flexibility index (Phi) is 3.66. The van der Waals surface area contributed by atoms with E-state index in [2.05, 4.69) is 10.3 Å².